The molecule has 0 spiro atoms. The summed E-state index contributed by atoms with van der Waals surface area (Å²) in [5, 5.41) is 2.79. The van der Waals surface area contributed by atoms with Gasteiger partial charge in [-0.2, -0.15) is 0 Å². The molecule has 0 radical (unpaired) electrons. The number of carbonyl (C=O) groups excluding carboxylic acids is 2. The lowest BCUT2D eigenvalue weighted by Crippen LogP contribution is -2.32. The van der Waals surface area contributed by atoms with Crippen LogP contribution >= 0.6 is 0 Å². The van der Waals surface area contributed by atoms with Crippen LogP contribution in [0.15, 0.2) is 42.5 Å². The molecule has 2 aromatic carbocycles. The molecule has 0 unspecified atom stereocenters. The van der Waals surface area contributed by atoms with E-state index in [9.17, 15) is 9.59 Å². The summed E-state index contributed by atoms with van der Waals surface area (Å²) >= 11 is 0. The van der Waals surface area contributed by atoms with Crippen molar-refractivity contribution in [2.45, 2.75) is 33.3 Å². The van der Waals surface area contributed by atoms with Gasteiger partial charge in [-0.25, -0.2) is 4.79 Å². The van der Waals surface area contributed by atoms with E-state index in [2.05, 4.69) is 10.1 Å². The molecule has 5 heteroatoms. The number of esters is 1. The van der Waals surface area contributed by atoms with Gasteiger partial charge in [-0.05, 0) is 61.7 Å². The van der Waals surface area contributed by atoms with Crippen molar-refractivity contribution < 1.29 is 19.1 Å². The van der Waals surface area contributed by atoms with Crippen molar-refractivity contribution in [1.29, 1.82) is 0 Å². The Morgan fingerprint density at radius 2 is 1.76 bits per heavy atom. The smallest absolute Gasteiger partial charge is 0.337 e. The average molecular weight is 341 g/mol. The van der Waals surface area contributed by atoms with Crippen molar-refractivity contribution in [3.8, 4) is 5.75 Å². The van der Waals surface area contributed by atoms with Crippen molar-refractivity contribution in [3.63, 3.8) is 0 Å². The molecule has 0 aliphatic carbocycles. The summed E-state index contributed by atoms with van der Waals surface area (Å²) in [6.07, 6.45) is -0.0989. The van der Waals surface area contributed by atoms with Gasteiger partial charge in [0.15, 0.2) is 6.10 Å². The molecule has 132 valence electrons. The Balaban J connectivity index is 2.10. The van der Waals surface area contributed by atoms with E-state index < -0.39 is 12.1 Å². The van der Waals surface area contributed by atoms with Crippen LogP contribution in [0.2, 0.25) is 0 Å². The molecule has 0 saturated carbocycles. The van der Waals surface area contributed by atoms with Crippen LogP contribution in [0.25, 0.3) is 0 Å². The highest BCUT2D eigenvalue weighted by molar-refractivity contribution is 5.96. The topological polar surface area (TPSA) is 64.6 Å². The summed E-state index contributed by atoms with van der Waals surface area (Å²) in [5.41, 5.74) is 3.06. The second-order valence-corrected chi connectivity index (χ2v) is 5.90. The van der Waals surface area contributed by atoms with E-state index in [1.54, 1.807) is 24.3 Å². The minimum Gasteiger partial charge on any atom is -0.481 e. The fourth-order valence-corrected chi connectivity index (χ4v) is 2.55. The Morgan fingerprint density at radius 3 is 2.36 bits per heavy atom. The summed E-state index contributed by atoms with van der Waals surface area (Å²) in [6.45, 7) is 5.86. The number of aryl methyl sites for hydroxylation is 2. The van der Waals surface area contributed by atoms with Crippen LogP contribution in [0, 0.1) is 13.8 Å². The number of hydrogen-bond acceptors (Lipinski definition) is 4. The lowest BCUT2D eigenvalue weighted by molar-refractivity contribution is -0.122. The van der Waals surface area contributed by atoms with Crippen molar-refractivity contribution in [2.75, 3.05) is 12.4 Å². The fourth-order valence-electron chi connectivity index (χ4n) is 2.55. The zero-order valence-corrected chi connectivity index (χ0v) is 15.0. The molecule has 0 heterocycles. The van der Waals surface area contributed by atoms with Crippen LogP contribution in [-0.4, -0.2) is 25.1 Å². The van der Waals surface area contributed by atoms with Crippen LogP contribution in [0.4, 0.5) is 5.69 Å². The van der Waals surface area contributed by atoms with Gasteiger partial charge < -0.3 is 14.8 Å². The van der Waals surface area contributed by atoms with Crippen LogP contribution in [0.1, 0.15) is 34.8 Å². The molecule has 0 aromatic heterocycles. The number of ether oxygens (including phenoxy) is 2. The Bertz CT molecular complexity index is 750. The minimum atomic E-state index is -0.622. The standard InChI is InChI=1S/C20H23NO4/c1-5-18(25-17-10-13(2)9-14(3)11-17)19(22)21-16-8-6-7-15(12-16)20(23)24-4/h6-12,18H,5H2,1-4H3,(H,21,22)/t18-/m0/s1. The Kier molecular flexibility index (Phi) is 6.17. The van der Waals surface area contributed by atoms with Crippen molar-refractivity contribution >= 4 is 17.6 Å². The first-order chi connectivity index (χ1) is 11.9. The van der Waals surface area contributed by atoms with Gasteiger partial charge in [-0.15, -0.1) is 0 Å². The molecule has 2 aromatic rings. The highest BCUT2D eigenvalue weighted by Gasteiger charge is 2.19. The summed E-state index contributed by atoms with van der Waals surface area (Å²) in [6, 6.07) is 12.5. The van der Waals surface area contributed by atoms with Gasteiger partial charge in [0.2, 0.25) is 0 Å². The number of amides is 1. The minimum absolute atomic E-state index is 0.260. The zero-order chi connectivity index (χ0) is 18.4. The number of carbonyl (C=O) groups is 2. The molecule has 25 heavy (non-hydrogen) atoms. The number of hydrogen-bond donors (Lipinski definition) is 1. The Labute approximate surface area is 148 Å². The molecular formula is C20H23NO4. The second kappa shape index (κ2) is 8.33. The maximum atomic E-state index is 12.5. The fraction of sp³-hybridized carbons (Fsp3) is 0.300. The first-order valence-electron chi connectivity index (χ1n) is 8.17. The first kappa shape index (κ1) is 18.5. The highest BCUT2D eigenvalue weighted by atomic mass is 16.5. The van der Waals surface area contributed by atoms with Crippen molar-refractivity contribution in [3.05, 3.63) is 59.2 Å². The Morgan fingerprint density at radius 1 is 1.08 bits per heavy atom. The quantitative estimate of drug-likeness (QED) is 0.810. The van der Waals surface area contributed by atoms with E-state index in [1.807, 2.05) is 39.0 Å². The van der Waals surface area contributed by atoms with Gasteiger partial charge in [0.05, 0.1) is 12.7 Å². The van der Waals surface area contributed by atoms with Crippen molar-refractivity contribution in [1.82, 2.24) is 0 Å². The number of methoxy groups -OCH3 is 1. The molecule has 1 atom stereocenters. The summed E-state index contributed by atoms with van der Waals surface area (Å²) in [5.74, 6) is -0.0406. The highest BCUT2D eigenvalue weighted by Crippen LogP contribution is 2.19. The Hall–Kier alpha value is -2.82. The molecule has 2 rings (SSSR count). The van der Waals surface area contributed by atoms with E-state index in [4.69, 9.17) is 4.74 Å². The van der Waals surface area contributed by atoms with Gasteiger partial charge in [-0.3, -0.25) is 4.79 Å². The van der Waals surface area contributed by atoms with Crippen molar-refractivity contribution in [2.24, 2.45) is 0 Å². The third-order valence-corrected chi connectivity index (χ3v) is 3.69. The predicted octanol–water partition coefficient (Wildman–Crippen LogP) is 3.89. The van der Waals surface area contributed by atoms with Crippen LogP contribution in [-0.2, 0) is 9.53 Å². The lowest BCUT2D eigenvalue weighted by atomic mass is 10.1. The van der Waals surface area contributed by atoms with Crippen LogP contribution in [0.3, 0.4) is 0 Å². The average Bonchev–Trinajstić information content (AvgIpc) is 2.58. The van der Waals surface area contributed by atoms with Gasteiger partial charge in [0.25, 0.3) is 5.91 Å². The van der Waals surface area contributed by atoms with E-state index in [0.29, 0.717) is 23.4 Å². The summed E-state index contributed by atoms with van der Waals surface area (Å²) in [7, 11) is 1.32. The first-order valence-corrected chi connectivity index (χ1v) is 8.17. The third kappa shape index (κ3) is 5.08. The van der Waals surface area contributed by atoms with E-state index in [-0.39, 0.29) is 5.91 Å². The molecule has 0 fully saturated rings. The maximum Gasteiger partial charge on any atom is 0.337 e. The van der Waals surface area contributed by atoms with Gasteiger partial charge in [0.1, 0.15) is 5.75 Å². The summed E-state index contributed by atoms with van der Waals surface area (Å²) in [4.78, 5) is 24.1. The molecule has 0 aliphatic heterocycles. The SMILES string of the molecule is CC[C@H](Oc1cc(C)cc(C)c1)C(=O)Nc1cccc(C(=O)OC)c1. The molecular weight excluding hydrogens is 318 g/mol. The molecule has 5 nitrogen and oxygen atoms in total. The number of nitrogens with one attached hydrogen (secondary N) is 1. The number of benzene rings is 2. The number of anilines is 1. The molecule has 0 saturated heterocycles. The monoisotopic (exact) mass is 341 g/mol. The maximum absolute atomic E-state index is 12.5. The third-order valence-electron chi connectivity index (χ3n) is 3.69. The largest absolute Gasteiger partial charge is 0.481 e. The van der Waals surface area contributed by atoms with E-state index in [0.717, 1.165) is 11.1 Å². The molecule has 0 bridgehead atoms. The van der Waals surface area contributed by atoms with Gasteiger partial charge in [-0.1, -0.05) is 19.1 Å². The van der Waals surface area contributed by atoms with E-state index in [1.165, 1.54) is 7.11 Å². The molecule has 1 amide bonds. The summed E-state index contributed by atoms with van der Waals surface area (Å²) < 4.78 is 10.5. The molecule has 0 aliphatic rings. The molecule has 1 N–H and O–H groups in total. The van der Waals surface area contributed by atoms with Gasteiger partial charge >= 0.3 is 5.97 Å². The predicted molar refractivity (Wildman–Crippen MR) is 97.0 cm³/mol. The lowest BCUT2D eigenvalue weighted by Gasteiger charge is -2.18. The normalized spacial score (nSPS) is 11.5. The second-order valence-electron chi connectivity index (χ2n) is 5.90. The number of rotatable bonds is 6. The van der Waals surface area contributed by atoms with Crippen LogP contribution in [0.5, 0.6) is 5.75 Å². The van der Waals surface area contributed by atoms with Crippen LogP contribution < -0.4 is 10.1 Å². The van der Waals surface area contributed by atoms with Gasteiger partial charge in [0, 0.05) is 5.69 Å². The zero-order valence-electron chi connectivity index (χ0n) is 15.0. The van der Waals surface area contributed by atoms with E-state index >= 15 is 0 Å².